The zero-order chi connectivity index (χ0) is 15.2. The molecule has 0 aromatic heterocycles. The highest BCUT2D eigenvalue weighted by molar-refractivity contribution is 5.30. The van der Waals surface area contributed by atoms with Gasteiger partial charge >= 0.3 is 0 Å². The summed E-state index contributed by atoms with van der Waals surface area (Å²) in [6, 6.07) is 7.07. The Bertz CT molecular complexity index is 423. The Morgan fingerprint density at radius 2 is 1.90 bits per heavy atom. The van der Waals surface area contributed by atoms with Crippen LogP contribution in [0, 0.1) is 19.8 Å². The van der Waals surface area contributed by atoms with Crippen molar-refractivity contribution in [3.8, 4) is 0 Å². The van der Waals surface area contributed by atoms with Crippen molar-refractivity contribution >= 4 is 0 Å². The fourth-order valence-corrected chi connectivity index (χ4v) is 3.55. The van der Waals surface area contributed by atoms with Gasteiger partial charge in [0.15, 0.2) is 0 Å². The first kappa shape index (κ1) is 16.5. The molecule has 3 atom stereocenters. The molecule has 0 spiro atoms. The molecule has 0 heterocycles. The molecule has 1 aliphatic rings. The van der Waals surface area contributed by atoms with Crippen molar-refractivity contribution in [3.63, 3.8) is 0 Å². The summed E-state index contributed by atoms with van der Waals surface area (Å²) < 4.78 is 6.24. The molecule has 2 rings (SSSR count). The quantitative estimate of drug-likeness (QED) is 0.829. The number of hydrogen-bond acceptors (Lipinski definition) is 2. The predicted molar refractivity (Wildman–Crippen MR) is 89.7 cm³/mol. The Balaban J connectivity index is 1.93. The summed E-state index contributed by atoms with van der Waals surface area (Å²) in [6.07, 6.45) is 6.97. The van der Waals surface area contributed by atoms with Crippen LogP contribution in [0.1, 0.15) is 61.8 Å². The lowest BCUT2D eigenvalue weighted by atomic mass is 9.85. The number of ether oxygens (including phenoxy) is 1. The van der Waals surface area contributed by atoms with E-state index in [9.17, 15) is 0 Å². The van der Waals surface area contributed by atoms with Crippen LogP contribution in [-0.4, -0.2) is 19.8 Å². The van der Waals surface area contributed by atoms with Crippen LogP contribution >= 0.6 is 0 Å². The van der Waals surface area contributed by atoms with Crippen LogP contribution in [0.2, 0.25) is 0 Å². The van der Waals surface area contributed by atoms with Crippen molar-refractivity contribution < 1.29 is 4.74 Å². The molecular formula is C19H31NO. The maximum absolute atomic E-state index is 6.24. The third-order valence-electron chi connectivity index (χ3n) is 4.81. The molecule has 1 aromatic carbocycles. The lowest BCUT2D eigenvalue weighted by Crippen LogP contribution is -2.28. The molecule has 118 valence electrons. The molecular weight excluding hydrogens is 258 g/mol. The van der Waals surface area contributed by atoms with Gasteiger partial charge in [0.25, 0.3) is 0 Å². The molecule has 2 nitrogen and oxygen atoms in total. The zero-order valence-electron chi connectivity index (χ0n) is 14.1. The van der Waals surface area contributed by atoms with Gasteiger partial charge in [-0.3, -0.25) is 0 Å². The number of hydrogen-bond donors (Lipinski definition) is 1. The summed E-state index contributed by atoms with van der Waals surface area (Å²) in [7, 11) is 2.03. The van der Waals surface area contributed by atoms with Crippen LogP contribution in [0.3, 0.4) is 0 Å². The van der Waals surface area contributed by atoms with Crippen molar-refractivity contribution in [1.29, 1.82) is 0 Å². The van der Waals surface area contributed by atoms with Gasteiger partial charge in [-0.25, -0.2) is 0 Å². The molecule has 1 saturated carbocycles. The Morgan fingerprint density at radius 3 is 2.52 bits per heavy atom. The summed E-state index contributed by atoms with van der Waals surface area (Å²) in [6.45, 7) is 7.41. The standard InChI is InChI=1S/C19H31NO/c1-5-16-7-6-8-18(12-16)21-13-19(20-4)17-10-14(2)9-15(3)11-17/h9-11,16,18-20H,5-8,12-13H2,1-4H3. The van der Waals surface area contributed by atoms with E-state index in [1.807, 2.05) is 7.05 Å². The van der Waals surface area contributed by atoms with Crippen LogP contribution in [0.4, 0.5) is 0 Å². The lowest BCUT2D eigenvalue weighted by Gasteiger charge is -2.30. The van der Waals surface area contributed by atoms with Crippen LogP contribution < -0.4 is 5.32 Å². The van der Waals surface area contributed by atoms with Crippen LogP contribution in [0.15, 0.2) is 18.2 Å². The summed E-state index contributed by atoms with van der Waals surface area (Å²) in [5, 5.41) is 3.41. The van der Waals surface area contributed by atoms with Gasteiger partial charge in [0.1, 0.15) is 0 Å². The topological polar surface area (TPSA) is 21.3 Å². The Morgan fingerprint density at radius 1 is 1.19 bits per heavy atom. The minimum atomic E-state index is 0.297. The van der Waals surface area contributed by atoms with Crippen LogP contribution in [-0.2, 0) is 4.74 Å². The van der Waals surface area contributed by atoms with E-state index in [0.29, 0.717) is 12.1 Å². The van der Waals surface area contributed by atoms with Gasteiger partial charge in [0.2, 0.25) is 0 Å². The first-order chi connectivity index (χ1) is 10.1. The Hall–Kier alpha value is -0.860. The fourth-order valence-electron chi connectivity index (χ4n) is 3.55. The van der Waals surface area contributed by atoms with E-state index in [4.69, 9.17) is 4.74 Å². The number of aryl methyl sites for hydroxylation is 2. The minimum absolute atomic E-state index is 0.297. The van der Waals surface area contributed by atoms with Gasteiger partial charge in [-0.15, -0.1) is 0 Å². The monoisotopic (exact) mass is 289 g/mol. The summed E-state index contributed by atoms with van der Waals surface area (Å²) >= 11 is 0. The second-order valence-corrected chi connectivity index (χ2v) is 6.66. The smallest absolute Gasteiger partial charge is 0.0665 e. The second kappa shape index (κ2) is 7.95. The van der Waals surface area contributed by atoms with Gasteiger partial charge in [-0.1, -0.05) is 55.5 Å². The van der Waals surface area contributed by atoms with E-state index in [1.54, 1.807) is 0 Å². The summed E-state index contributed by atoms with van der Waals surface area (Å²) in [5.74, 6) is 0.873. The minimum Gasteiger partial charge on any atom is -0.376 e. The molecule has 1 aliphatic carbocycles. The predicted octanol–water partition coefficient (Wildman–Crippen LogP) is 4.55. The number of likely N-dealkylation sites (N-methyl/N-ethyl adjacent to an activating group) is 1. The molecule has 1 aromatic rings. The zero-order valence-corrected chi connectivity index (χ0v) is 14.1. The van der Waals surface area contributed by atoms with E-state index in [2.05, 4.69) is 44.3 Å². The normalized spacial score (nSPS) is 24.0. The second-order valence-electron chi connectivity index (χ2n) is 6.66. The summed E-state index contributed by atoms with van der Waals surface area (Å²) in [4.78, 5) is 0. The van der Waals surface area contributed by atoms with Crippen molar-refractivity contribution in [2.45, 2.75) is 65.0 Å². The van der Waals surface area contributed by atoms with Gasteiger partial charge in [-0.05, 0) is 45.2 Å². The van der Waals surface area contributed by atoms with Crippen molar-refractivity contribution in [2.24, 2.45) is 5.92 Å². The molecule has 21 heavy (non-hydrogen) atoms. The number of nitrogens with one attached hydrogen (secondary N) is 1. The molecule has 0 saturated heterocycles. The average Bonchev–Trinajstić information content (AvgIpc) is 2.47. The third kappa shape index (κ3) is 4.82. The molecule has 0 amide bonds. The average molecular weight is 289 g/mol. The van der Waals surface area contributed by atoms with Crippen LogP contribution in [0.5, 0.6) is 0 Å². The van der Waals surface area contributed by atoms with E-state index in [1.165, 1.54) is 48.8 Å². The first-order valence-electron chi connectivity index (χ1n) is 8.49. The molecule has 0 bridgehead atoms. The van der Waals surface area contributed by atoms with Gasteiger partial charge in [0, 0.05) is 0 Å². The van der Waals surface area contributed by atoms with Gasteiger partial charge in [-0.2, -0.15) is 0 Å². The molecule has 3 unspecified atom stereocenters. The molecule has 1 N–H and O–H groups in total. The van der Waals surface area contributed by atoms with E-state index in [0.717, 1.165) is 12.5 Å². The highest BCUT2D eigenvalue weighted by Gasteiger charge is 2.22. The first-order valence-corrected chi connectivity index (χ1v) is 8.49. The van der Waals surface area contributed by atoms with Crippen LogP contribution in [0.25, 0.3) is 0 Å². The summed E-state index contributed by atoms with van der Waals surface area (Å²) in [5.41, 5.74) is 4.00. The SMILES string of the molecule is CCC1CCCC(OCC(NC)c2cc(C)cc(C)c2)C1. The number of rotatable bonds is 6. The van der Waals surface area contributed by atoms with Crippen molar-refractivity contribution in [2.75, 3.05) is 13.7 Å². The molecule has 2 heteroatoms. The maximum Gasteiger partial charge on any atom is 0.0665 e. The van der Waals surface area contributed by atoms with Crippen molar-refractivity contribution in [3.05, 3.63) is 34.9 Å². The maximum atomic E-state index is 6.24. The van der Waals surface area contributed by atoms with Gasteiger partial charge < -0.3 is 10.1 Å². The van der Waals surface area contributed by atoms with Crippen molar-refractivity contribution in [1.82, 2.24) is 5.32 Å². The molecule has 0 aliphatic heterocycles. The highest BCUT2D eigenvalue weighted by Crippen LogP contribution is 2.29. The van der Waals surface area contributed by atoms with E-state index < -0.39 is 0 Å². The Kier molecular flexibility index (Phi) is 6.25. The fraction of sp³-hybridized carbons (Fsp3) is 0.684. The number of benzene rings is 1. The lowest BCUT2D eigenvalue weighted by molar-refractivity contribution is 0.00208. The Labute approximate surface area is 130 Å². The molecule has 1 fully saturated rings. The van der Waals surface area contributed by atoms with E-state index >= 15 is 0 Å². The molecule has 0 radical (unpaired) electrons. The highest BCUT2D eigenvalue weighted by atomic mass is 16.5. The third-order valence-corrected chi connectivity index (χ3v) is 4.81. The largest absolute Gasteiger partial charge is 0.376 e. The van der Waals surface area contributed by atoms with E-state index in [-0.39, 0.29) is 0 Å². The van der Waals surface area contributed by atoms with Gasteiger partial charge in [0.05, 0.1) is 18.8 Å².